The molecule has 1 aliphatic carbocycles. The highest BCUT2D eigenvalue weighted by molar-refractivity contribution is 6.24. The molecule has 2 atom stereocenters. The maximum atomic E-state index is 6.54. The molecule has 3 aromatic carbocycles. The number of allylic oxidation sites excluding steroid dienone is 2. The Morgan fingerprint density at radius 1 is 0.800 bits per heavy atom. The van der Waals surface area contributed by atoms with Gasteiger partial charge in [-0.15, -0.1) is 0 Å². The lowest BCUT2D eigenvalue weighted by Crippen LogP contribution is -2.15. The number of furan rings is 1. The number of benzene rings is 3. The number of aromatic nitrogens is 1. The van der Waals surface area contributed by atoms with Gasteiger partial charge in [0.2, 0.25) is 0 Å². The van der Waals surface area contributed by atoms with E-state index in [1.807, 2.05) is 12.1 Å². The normalized spacial score (nSPS) is 20.0. The van der Waals surface area contributed by atoms with Crippen LogP contribution in [0.2, 0.25) is 0 Å². The van der Waals surface area contributed by atoms with E-state index in [0.717, 1.165) is 16.9 Å². The average Bonchev–Trinajstić information content (AvgIpc) is 3.42. The molecular weight excluding hydrogens is 370 g/mol. The van der Waals surface area contributed by atoms with Gasteiger partial charge in [0, 0.05) is 33.7 Å². The second kappa shape index (κ2) is 5.57. The van der Waals surface area contributed by atoms with E-state index in [1.54, 1.807) is 0 Å². The van der Waals surface area contributed by atoms with E-state index < -0.39 is 0 Å². The maximum absolute atomic E-state index is 6.54. The summed E-state index contributed by atoms with van der Waals surface area (Å²) in [5, 5.41) is 4.86. The van der Waals surface area contributed by atoms with Crippen molar-refractivity contribution < 1.29 is 9.15 Å². The Morgan fingerprint density at radius 2 is 1.60 bits per heavy atom. The highest BCUT2D eigenvalue weighted by atomic mass is 16.5. The van der Waals surface area contributed by atoms with Crippen molar-refractivity contribution in [2.45, 2.75) is 31.9 Å². The summed E-state index contributed by atoms with van der Waals surface area (Å²) in [4.78, 5) is 0. The summed E-state index contributed by atoms with van der Waals surface area (Å²) in [6, 6.07) is 17.5. The standard InChI is InChI=1S/C27H21NO2/c1-15(2)28-25-17(13-14-23-24(25)20-8-4-6-10-22(20)29-23)18-11-12-19-16-7-3-5-9-21(16)30-27(19)26(18)28/h3-16,21H,1-2H3. The SMILES string of the molecule is CC(C)n1c2c3c(ccc2c2ccc4oc5ccccc5c4c21)C1C=CC=CC1O3. The van der Waals surface area contributed by atoms with Crippen molar-refractivity contribution in [1.82, 2.24) is 4.57 Å². The van der Waals surface area contributed by atoms with Crippen LogP contribution in [0.5, 0.6) is 5.75 Å². The molecule has 2 unspecified atom stereocenters. The van der Waals surface area contributed by atoms with Crippen molar-refractivity contribution in [3.05, 3.63) is 78.4 Å². The monoisotopic (exact) mass is 391 g/mol. The lowest BCUT2D eigenvalue weighted by molar-refractivity contribution is 0.270. The molecule has 0 saturated heterocycles. The zero-order chi connectivity index (χ0) is 20.0. The molecule has 0 fully saturated rings. The van der Waals surface area contributed by atoms with Gasteiger partial charge in [-0.25, -0.2) is 0 Å². The van der Waals surface area contributed by atoms with Crippen LogP contribution in [-0.4, -0.2) is 10.7 Å². The summed E-state index contributed by atoms with van der Waals surface area (Å²) in [6.45, 7) is 4.50. The molecule has 3 heteroatoms. The van der Waals surface area contributed by atoms with Crippen LogP contribution in [0.3, 0.4) is 0 Å². The van der Waals surface area contributed by atoms with Crippen molar-refractivity contribution in [2.24, 2.45) is 0 Å². The number of hydrogen-bond donors (Lipinski definition) is 0. The zero-order valence-electron chi connectivity index (χ0n) is 16.9. The maximum Gasteiger partial charge on any atom is 0.148 e. The van der Waals surface area contributed by atoms with Crippen LogP contribution in [0.25, 0.3) is 43.7 Å². The summed E-state index contributed by atoms with van der Waals surface area (Å²) >= 11 is 0. The minimum Gasteiger partial charge on any atom is -0.483 e. The molecule has 3 heterocycles. The first-order valence-corrected chi connectivity index (χ1v) is 10.6. The Morgan fingerprint density at radius 3 is 2.50 bits per heavy atom. The van der Waals surface area contributed by atoms with Gasteiger partial charge in [0.1, 0.15) is 23.0 Å². The van der Waals surface area contributed by atoms with E-state index in [9.17, 15) is 0 Å². The second-order valence-electron chi connectivity index (χ2n) is 8.65. The number of nitrogens with zero attached hydrogens (tertiary/aromatic N) is 1. The first kappa shape index (κ1) is 16.3. The number of hydrogen-bond acceptors (Lipinski definition) is 2. The lowest BCUT2D eigenvalue weighted by atomic mass is 9.91. The van der Waals surface area contributed by atoms with Crippen LogP contribution in [0.15, 0.2) is 77.3 Å². The summed E-state index contributed by atoms with van der Waals surface area (Å²) in [7, 11) is 0. The topological polar surface area (TPSA) is 27.3 Å². The Labute approximate surface area is 173 Å². The molecule has 1 aliphatic heterocycles. The molecule has 0 saturated carbocycles. The highest BCUT2D eigenvalue weighted by Crippen LogP contribution is 2.49. The molecule has 0 bridgehead atoms. The molecule has 7 rings (SSSR count). The van der Waals surface area contributed by atoms with Gasteiger partial charge >= 0.3 is 0 Å². The first-order valence-electron chi connectivity index (χ1n) is 10.6. The third-order valence-corrected chi connectivity index (χ3v) is 6.66. The average molecular weight is 391 g/mol. The van der Waals surface area contributed by atoms with E-state index >= 15 is 0 Å². The molecule has 0 N–H and O–H groups in total. The predicted molar refractivity (Wildman–Crippen MR) is 123 cm³/mol. The molecule has 30 heavy (non-hydrogen) atoms. The van der Waals surface area contributed by atoms with Gasteiger partial charge in [-0.3, -0.25) is 0 Å². The van der Waals surface area contributed by atoms with E-state index in [-0.39, 0.29) is 12.1 Å². The Kier molecular flexibility index (Phi) is 3.04. The number of para-hydroxylation sites is 1. The van der Waals surface area contributed by atoms with Gasteiger partial charge < -0.3 is 13.7 Å². The second-order valence-corrected chi connectivity index (χ2v) is 8.65. The fraction of sp³-hybridized carbons (Fsp3) is 0.185. The van der Waals surface area contributed by atoms with Crippen molar-refractivity contribution in [2.75, 3.05) is 0 Å². The summed E-state index contributed by atoms with van der Waals surface area (Å²) in [6.07, 6.45) is 8.73. The highest BCUT2D eigenvalue weighted by Gasteiger charge is 2.35. The number of fused-ring (bicyclic) bond motifs is 11. The van der Waals surface area contributed by atoms with Gasteiger partial charge in [-0.2, -0.15) is 0 Å². The van der Waals surface area contributed by atoms with E-state index in [1.165, 1.54) is 38.1 Å². The van der Waals surface area contributed by atoms with Crippen LogP contribution >= 0.6 is 0 Å². The Balaban J connectivity index is 1.70. The van der Waals surface area contributed by atoms with Crippen LogP contribution < -0.4 is 4.74 Å². The molecule has 3 nitrogen and oxygen atoms in total. The quantitative estimate of drug-likeness (QED) is 0.301. The molecule has 2 aliphatic rings. The number of rotatable bonds is 1. The smallest absolute Gasteiger partial charge is 0.148 e. The third kappa shape index (κ3) is 1.90. The van der Waals surface area contributed by atoms with E-state index in [0.29, 0.717) is 5.92 Å². The zero-order valence-corrected chi connectivity index (χ0v) is 16.9. The minimum atomic E-state index is 0.0870. The lowest BCUT2D eigenvalue weighted by Gasteiger charge is -2.15. The van der Waals surface area contributed by atoms with E-state index in [2.05, 4.69) is 79.1 Å². The first-order chi connectivity index (χ1) is 14.7. The molecule has 2 aromatic heterocycles. The van der Waals surface area contributed by atoms with E-state index in [4.69, 9.17) is 9.15 Å². The van der Waals surface area contributed by atoms with Crippen LogP contribution in [0, 0.1) is 0 Å². The van der Waals surface area contributed by atoms with Gasteiger partial charge in [-0.05, 0) is 38.1 Å². The molecule has 5 aromatic rings. The third-order valence-electron chi connectivity index (χ3n) is 6.66. The largest absolute Gasteiger partial charge is 0.483 e. The fourth-order valence-corrected chi connectivity index (χ4v) is 5.44. The van der Waals surface area contributed by atoms with Crippen molar-refractivity contribution in [3.63, 3.8) is 0 Å². The van der Waals surface area contributed by atoms with Gasteiger partial charge in [0.05, 0.1) is 16.4 Å². The van der Waals surface area contributed by atoms with Crippen molar-refractivity contribution in [1.29, 1.82) is 0 Å². The van der Waals surface area contributed by atoms with Gasteiger partial charge in [0.15, 0.2) is 0 Å². The summed E-state index contributed by atoms with van der Waals surface area (Å²) in [5.74, 6) is 1.33. The predicted octanol–water partition coefficient (Wildman–Crippen LogP) is 7.25. The summed E-state index contributed by atoms with van der Waals surface area (Å²) < 4.78 is 15.2. The molecule has 0 radical (unpaired) electrons. The summed E-state index contributed by atoms with van der Waals surface area (Å²) in [5.41, 5.74) is 5.59. The molecule has 0 spiro atoms. The van der Waals surface area contributed by atoms with Crippen molar-refractivity contribution >= 4 is 43.7 Å². The Bertz CT molecular complexity index is 1560. The molecule has 0 amide bonds. The van der Waals surface area contributed by atoms with Gasteiger partial charge in [0.25, 0.3) is 0 Å². The van der Waals surface area contributed by atoms with Gasteiger partial charge in [-0.1, -0.05) is 48.6 Å². The Hall–Kier alpha value is -3.46. The van der Waals surface area contributed by atoms with Crippen LogP contribution in [-0.2, 0) is 0 Å². The van der Waals surface area contributed by atoms with Crippen LogP contribution in [0.4, 0.5) is 0 Å². The minimum absolute atomic E-state index is 0.0870. The molecular formula is C27H21NO2. The van der Waals surface area contributed by atoms with Crippen molar-refractivity contribution in [3.8, 4) is 5.75 Å². The molecule has 146 valence electrons. The number of ether oxygens (including phenoxy) is 1. The van der Waals surface area contributed by atoms with Crippen LogP contribution in [0.1, 0.15) is 31.4 Å². The fourth-order valence-electron chi connectivity index (χ4n) is 5.44.